The molecule has 5 rings (SSSR count). The molecule has 7 nitrogen and oxygen atoms in total. The lowest BCUT2D eigenvalue weighted by molar-refractivity contribution is -0.131. The molecule has 0 saturated carbocycles. The molecule has 0 spiro atoms. The number of rotatable bonds is 5. The van der Waals surface area contributed by atoms with Crippen LogP contribution in [0.3, 0.4) is 0 Å². The maximum Gasteiger partial charge on any atom is 0.308 e. The van der Waals surface area contributed by atoms with Gasteiger partial charge in [-0.25, -0.2) is 0 Å². The summed E-state index contributed by atoms with van der Waals surface area (Å²) in [6, 6.07) is 20.5. The van der Waals surface area contributed by atoms with E-state index in [4.69, 9.17) is 14.2 Å². The van der Waals surface area contributed by atoms with Gasteiger partial charge in [-0.1, -0.05) is 18.2 Å². The quantitative estimate of drug-likeness (QED) is 0.403. The first-order valence-electron chi connectivity index (χ1n) is 11.7. The number of anilines is 2. The Bertz CT molecular complexity index is 1260. The van der Waals surface area contributed by atoms with Gasteiger partial charge in [-0.2, -0.15) is 0 Å². The topological polar surface area (TPSA) is 68.3 Å². The number of para-hydroxylation sites is 2. The average molecular weight is 473 g/mol. The van der Waals surface area contributed by atoms with Gasteiger partial charge in [0.25, 0.3) is 5.91 Å². The SMILES string of the molecule is CC(=O)Oc1cccc2c1CC(C)N2C(=O)c1ccc(OC[C@@H]2CN(C)c3ccccc3O2)cc1. The van der Waals surface area contributed by atoms with Crippen LogP contribution in [0.2, 0.25) is 0 Å². The summed E-state index contributed by atoms with van der Waals surface area (Å²) in [5.74, 6) is 1.57. The lowest BCUT2D eigenvalue weighted by atomic mass is 10.1. The number of likely N-dealkylation sites (N-methyl/N-ethyl adjacent to an activating group) is 1. The van der Waals surface area contributed by atoms with E-state index in [1.807, 2.05) is 56.4 Å². The van der Waals surface area contributed by atoms with Gasteiger partial charge in [-0.15, -0.1) is 0 Å². The maximum absolute atomic E-state index is 13.4. The summed E-state index contributed by atoms with van der Waals surface area (Å²) in [7, 11) is 2.04. The third kappa shape index (κ3) is 4.54. The van der Waals surface area contributed by atoms with Gasteiger partial charge in [-0.05, 0) is 61.9 Å². The van der Waals surface area contributed by atoms with E-state index in [0.717, 1.165) is 29.2 Å². The summed E-state index contributed by atoms with van der Waals surface area (Å²) >= 11 is 0. The highest BCUT2D eigenvalue weighted by Crippen LogP contribution is 2.39. The van der Waals surface area contributed by atoms with Crippen LogP contribution in [0, 0.1) is 0 Å². The molecule has 1 amide bonds. The molecule has 0 aromatic heterocycles. The van der Waals surface area contributed by atoms with E-state index < -0.39 is 0 Å². The Morgan fingerprint density at radius 2 is 1.74 bits per heavy atom. The summed E-state index contributed by atoms with van der Waals surface area (Å²) in [5.41, 5.74) is 3.30. The molecule has 0 N–H and O–H groups in total. The molecule has 0 fully saturated rings. The number of nitrogens with zero attached hydrogens (tertiary/aromatic N) is 2. The predicted molar refractivity (Wildman–Crippen MR) is 134 cm³/mol. The molecule has 2 heterocycles. The van der Waals surface area contributed by atoms with Crippen LogP contribution in [0.1, 0.15) is 29.8 Å². The molecule has 0 saturated heterocycles. The van der Waals surface area contributed by atoms with Crippen molar-refractivity contribution in [2.45, 2.75) is 32.4 Å². The Morgan fingerprint density at radius 3 is 2.51 bits per heavy atom. The van der Waals surface area contributed by atoms with Crippen LogP contribution < -0.4 is 24.0 Å². The summed E-state index contributed by atoms with van der Waals surface area (Å²) in [6.07, 6.45) is 0.537. The first-order chi connectivity index (χ1) is 16.9. The number of ether oxygens (including phenoxy) is 3. The minimum atomic E-state index is -0.374. The van der Waals surface area contributed by atoms with Crippen LogP contribution in [0.5, 0.6) is 17.2 Å². The summed E-state index contributed by atoms with van der Waals surface area (Å²) in [4.78, 5) is 28.8. The van der Waals surface area contributed by atoms with E-state index in [9.17, 15) is 9.59 Å². The Kier molecular flexibility index (Phi) is 6.07. The molecule has 2 aliphatic heterocycles. The maximum atomic E-state index is 13.4. The summed E-state index contributed by atoms with van der Waals surface area (Å²) < 4.78 is 17.4. The van der Waals surface area contributed by atoms with E-state index >= 15 is 0 Å². The van der Waals surface area contributed by atoms with Gasteiger partial charge in [0.05, 0.1) is 17.9 Å². The molecule has 35 heavy (non-hydrogen) atoms. The minimum Gasteiger partial charge on any atom is -0.490 e. The zero-order chi connectivity index (χ0) is 24.5. The molecule has 7 heteroatoms. The largest absolute Gasteiger partial charge is 0.490 e. The number of hydrogen-bond acceptors (Lipinski definition) is 6. The predicted octanol–water partition coefficient (Wildman–Crippen LogP) is 4.48. The average Bonchev–Trinajstić information content (AvgIpc) is 3.19. The second-order valence-electron chi connectivity index (χ2n) is 9.00. The fraction of sp³-hybridized carbons (Fsp3) is 0.286. The molecule has 0 radical (unpaired) electrons. The van der Waals surface area contributed by atoms with E-state index in [0.29, 0.717) is 30.1 Å². The molecule has 0 aliphatic carbocycles. The van der Waals surface area contributed by atoms with Crippen molar-refractivity contribution in [2.24, 2.45) is 0 Å². The standard InChI is InChI=1S/C28H28N2O5/c1-18-15-23-24(8-6-10-26(23)34-19(2)31)30(18)28(32)20-11-13-21(14-12-20)33-17-22-16-29(3)25-7-4-5-9-27(25)35-22/h4-14,18,22H,15-17H2,1-3H3/t18?,22-/m0/s1. The van der Waals surface area contributed by atoms with E-state index in [1.165, 1.54) is 6.92 Å². The van der Waals surface area contributed by atoms with Crippen molar-refractivity contribution in [2.75, 3.05) is 30.0 Å². The highest BCUT2D eigenvalue weighted by molar-refractivity contribution is 6.08. The second-order valence-corrected chi connectivity index (χ2v) is 9.00. The highest BCUT2D eigenvalue weighted by Gasteiger charge is 2.34. The van der Waals surface area contributed by atoms with Gasteiger partial charge >= 0.3 is 5.97 Å². The van der Waals surface area contributed by atoms with Crippen LogP contribution in [0.25, 0.3) is 0 Å². The number of benzene rings is 3. The molecule has 0 bridgehead atoms. The van der Waals surface area contributed by atoms with Gasteiger partial charge < -0.3 is 24.0 Å². The fourth-order valence-electron chi connectivity index (χ4n) is 4.77. The zero-order valence-corrected chi connectivity index (χ0v) is 20.1. The number of esters is 1. The number of carbonyl (C=O) groups excluding carboxylic acids is 2. The van der Waals surface area contributed by atoms with E-state index in [2.05, 4.69) is 4.90 Å². The summed E-state index contributed by atoms with van der Waals surface area (Å²) in [5, 5.41) is 0. The van der Waals surface area contributed by atoms with Crippen molar-refractivity contribution >= 4 is 23.3 Å². The second kappa shape index (κ2) is 9.33. The fourth-order valence-corrected chi connectivity index (χ4v) is 4.77. The normalized spacial score (nSPS) is 18.4. The van der Waals surface area contributed by atoms with Crippen molar-refractivity contribution in [3.8, 4) is 17.2 Å². The Morgan fingerprint density at radius 1 is 1.00 bits per heavy atom. The number of amides is 1. The van der Waals surface area contributed by atoms with Crippen molar-refractivity contribution in [3.05, 3.63) is 77.9 Å². The molecular formula is C28H28N2O5. The van der Waals surface area contributed by atoms with Crippen molar-refractivity contribution in [1.29, 1.82) is 0 Å². The molecule has 180 valence electrons. The molecule has 3 aromatic rings. The smallest absolute Gasteiger partial charge is 0.308 e. The van der Waals surface area contributed by atoms with Crippen LogP contribution in [-0.4, -0.2) is 44.2 Å². The monoisotopic (exact) mass is 472 g/mol. The van der Waals surface area contributed by atoms with Crippen molar-refractivity contribution in [3.63, 3.8) is 0 Å². The van der Waals surface area contributed by atoms with E-state index in [1.54, 1.807) is 29.2 Å². The van der Waals surface area contributed by atoms with Gasteiger partial charge in [0.1, 0.15) is 30.0 Å². The minimum absolute atomic E-state index is 0.0477. The Balaban J connectivity index is 1.25. The van der Waals surface area contributed by atoms with Crippen LogP contribution >= 0.6 is 0 Å². The first-order valence-corrected chi connectivity index (χ1v) is 11.7. The van der Waals surface area contributed by atoms with Gasteiger partial charge in [0.2, 0.25) is 0 Å². The van der Waals surface area contributed by atoms with Crippen LogP contribution in [-0.2, 0) is 11.2 Å². The number of hydrogen-bond donors (Lipinski definition) is 0. The zero-order valence-electron chi connectivity index (χ0n) is 20.1. The van der Waals surface area contributed by atoms with Gasteiger partial charge in [0, 0.05) is 31.1 Å². The highest BCUT2D eigenvalue weighted by atomic mass is 16.5. The molecule has 3 aromatic carbocycles. The Hall–Kier alpha value is -4.00. The summed E-state index contributed by atoms with van der Waals surface area (Å²) in [6.45, 7) is 4.50. The third-order valence-electron chi connectivity index (χ3n) is 6.37. The number of fused-ring (bicyclic) bond motifs is 2. The van der Waals surface area contributed by atoms with Gasteiger partial charge in [0.15, 0.2) is 0 Å². The first kappa shape index (κ1) is 22.8. The lowest BCUT2D eigenvalue weighted by Gasteiger charge is -2.33. The van der Waals surface area contributed by atoms with Crippen molar-refractivity contribution in [1.82, 2.24) is 0 Å². The Labute approximate surface area is 204 Å². The molecule has 1 unspecified atom stereocenters. The van der Waals surface area contributed by atoms with Crippen molar-refractivity contribution < 1.29 is 23.8 Å². The molecule has 2 aliphatic rings. The van der Waals surface area contributed by atoms with Crippen LogP contribution in [0.15, 0.2) is 66.7 Å². The molecule has 2 atom stereocenters. The lowest BCUT2D eigenvalue weighted by Crippen LogP contribution is -2.41. The molecular weight excluding hydrogens is 444 g/mol. The van der Waals surface area contributed by atoms with Gasteiger partial charge in [-0.3, -0.25) is 9.59 Å². The third-order valence-corrected chi connectivity index (χ3v) is 6.37. The number of carbonyl (C=O) groups is 2. The van der Waals surface area contributed by atoms with E-state index in [-0.39, 0.29) is 24.0 Å². The van der Waals surface area contributed by atoms with Crippen LogP contribution in [0.4, 0.5) is 11.4 Å².